The number of aromatic nitrogens is 2. The molecule has 0 aliphatic carbocycles. The number of piperidine rings is 1. The van der Waals surface area contributed by atoms with E-state index >= 15 is 8.78 Å². The Hall–Kier alpha value is -4.88. The molecule has 4 aliphatic heterocycles. The maximum Gasteiger partial charge on any atom is 0.458 e. The third kappa shape index (κ3) is 9.37. The normalized spacial score (nSPS) is 20.7. The van der Waals surface area contributed by atoms with Gasteiger partial charge < -0.3 is 33.9 Å². The highest BCUT2D eigenvalue weighted by atomic mass is 32.2. The first-order chi connectivity index (χ1) is 29.6. The summed E-state index contributed by atoms with van der Waals surface area (Å²) in [6.07, 6.45) is 1.14. The molecule has 14 nitrogen and oxygen atoms in total. The van der Waals surface area contributed by atoms with Gasteiger partial charge in [-0.25, -0.2) is 27.7 Å². The number of carbonyl (C=O) groups is 3. The van der Waals surface area contributed by atoms with Gasteiger partial charge in [-0.15, -0.1) is 4.31 Å². The standard InChI is InChI=1S/C45H54F3N7O7S/c1-42(2,3)61-40(57)52-17-14-45(59,15-18-52)27-51-23-44(24-51)25-53(26-44)31-9-7-28(8-10-31)29-19-32-33(21-50-39(32)49-20-29)38(56)36-34(47)11-12-35(37(36)48)55(41(58)62-43(4,5)6)63(60)54-16-13-30(46)22-54/h7-12,19-21,30,59H,13-18,22-27H2,1-6H3,(H,49,50). The van der Waals surface area contributed by atoms with E-state index < -0.39 is 69.3 Å². The smallest absolute Gasteiger partial charge is 0.458 e. The van der Waals surface area contributed by atoms with E-state index in [1.807, 2.05) is 45.0 Å². The van der Waals surface area contributed by atoms with Crippen LogP contribution in [0.3, 0.4) is 0 Å². The predicted molar refractivity (Wildman–Crippen MR) is 232 cm³/mol. The molecule has 1 spiro atoms. The molecule has 4 aromatic rings. The molecular formula is C45H54F3N7O7S. The summed E-state index contributed by atoms with van der Waals surface area (Å²) in [6.45, 7) is 15.0. The fourth-order valence-electron chi connectivity index (χ4n) is 8.92. The van der Waals surface area contributed by atoms with Gasteiger partial charge in [0, 0.05) is 92.4 Å². The van der Waals surface area contributed by atoms with E-state index in [1.54, 1.807) is 37.9 Å². The molecule has 2 aromatic carbocycles. The maximum atomic E-state index is 16.5. The predicted octanol–water partition coefficient (Wildman–Crippen LogP) is 6.99. The molecule has 2 aromatic heterocycles. The molecule has 63 heavy (non-hydrogen) atoms. The number of aliphatic hydroxyl groups is 1. The topological polar surface area (TPSA) is 158 Å². The Kier molecular flexibility index (Phi) is 11.8. The van der Waals surface area contributed by atoms with Gasteiger partial charge in [0.05, 0.1) is 17.7 Å². The molecule has 2 atom stereocenters. The second-order valence-electron chi connectivity index (χ2n) is 19.4. The van der Waals surface area contributed by atoms with Crippen LogP contribution < -0.4 is 9.21 Å². The minimum Gasteiger partial charge on any atom is -0.573 e. The Morgan fingerprint density at radius 3 is 2.24 bits per heavy atom. The zero-order valence-corrected chi connectivity index (χ0v) is 37.2. The molecule has 4 aliphatic rings. The van der Waals surface area contributed by atoms with E-state index in [-0.39, 0.29) is 36.6 Å². The number of ketones is 1. The average molecular weight is 894 g/mol. The molecule has 2 amide bonds. The van der Waals surface area contributed by atoms with Crippen molar-refractivity contribution < 1.29 is 46.7 Å². The number of amides is 2. The molecule has 6 heterocycles. The van der Waals surface area contributed by atoms with Crippen LogP contribution in [0.15, 0.2) is 54.9 Å². The second-order valence-corrected chi connectivity index (χ2v) is 20.8. The summed E-state index contributed by atoms with van der Waals surface area (Å²) in [6, 6.07) is 11.3. The lowest BCUT2D eigenvalue weighted by Gasteiger charge is -2.62. The number of H-pyrrole nitrogens is 1. The highest BCUT2D eigenvalue weighted by molar-refractivity contribution is 7.91. The van der Waals surface area contributed by atoms with E-state index in [9.17, 15) is 28.4 Å². The van der Waals surface area contributed by atoms with E-state index in [2.05, 4.69) is 19.8 Å². The first-order valence-corrected chi connectivity index (χ1v) is 22.3. The van der Waals surface area contributed by atoms with Crippen molar-refractivity contribution >= 4 is 51.9 Å². The van der Waals surface area contributed by atoms with Crippen LogP contribution in [0.25, 0.3) is 22.2 Å². The number of rotatable bonds is 9. The van der Waals surface area contributed by atoms with Crippen molar-refractivity contribution in [3.8, 4) is 11.1 Å². The Morgan fingerprint density at radius 1 is 0.952 bits per heavy atom. The maximum absolute atomic E-state index is 16.5. The summed E-state index contributed by atoms with van der Waals surface area (Å²) in [5.74, 6) is -3.67. The molecule has 4 fully saturated rings. The molecular weight excluding hydrogens is 840 g/mol. The summed E-state index contributed by atoms with van der Waals surface area (Å²) in [7, 11) is 0. The third-order valence-corrected chi connectivity index (χ3v) is 13.4. The number of β-amino-alcohol motifs (C(OH)–C–C–N with tert-alkyl or cyclic N) is 1. The minimum atomic E-state index is -2.47. The molecule has 18 heteroatoms. The van der Waals surface area contributed by atoms with Crippen LogP contribution in [0.4, 0.5) is 34.1 Å². The fraction of sp³-hybridized carbons (Fsp3) is 0.511. The van der Waals surface area contributed by atoms with E-state index in [4.69, 9.17) is 9.47 Å². The van der Waals surface area contributed by atoms with Crippen molar-refractivity contribution in [2.75, 3.05) is 68.1 Å². The minimum absolute atomic E-state index is 0.0154. The number of hydrogen-bond donors (Lipinski definition) is 2. The van der Waals surface area contributed by atoms with Crippen LogP contribution in [0, 0.1) is 17.0 Å². The van der Waals surface area contributed by atoms with Crippen molar-refractivity contribution in [3.05, 3.63) is 77.6 Å². The molecule has 2 unspecified atom stereocenters. The van der Waals surface area contributed by atoms with Gasteiger partial charge in [-0.2, -0.15) is 0 Å². The molecule has 0 radical (unpaired) electrons. The summed E-state index contributed by atoms with van der Waals surface area (Å²) in [5.41, 5.74) is -1.23. The van der Waals surface area contributed by atoms with Crippen LogP contribution in [0.2, 0.25) is 0 Å². The average Bonchev–Trinajstić information content (AvgIpc) is 3.81. The van der Waals surface area contributed by atoms with Gasteiger partial charge in [-0.3, -0.25) is 9.69 Å². The van der Waals surface area contributed by atoms with E-state index in [1.165, 1.54) is 6.20 Å². The Morgan fingerprint density at radius 2 is 1.62 bits per heavy atom. The van der Waals surface area contributed by atoms with Crippen LogP contribution in [0.5, 0.6) is 0 Å². The first kappa shape index (κ1) is 44.7. The van der Waals surface area contributed by atoms with Crippen molar-refractivity contribution in [1.82, 2.24) is 24.1 Å². The molecule has 8 rings (SSSR count). The van der Waals surface area contributed by atoms with Crippen molar-refractivity contribution in [2.45, 2.75) is 83.8 Å². The van der Waals surface area contributed by atoms with Crippen molar-refractivity contribution in [1.29, 1.82) is 0 Å². The molecule has 0 bridgehead atoms. The van der Waals surface area contributed by atoms with Gasteiger partial charge in [0.15, 0.2) is 17.4 Å². The third-order valence-electron chi connectivity index (χ3n) is 11.9. The van der Waals surface area contributed by atoms with Crippen molar-refractivity contribution in [2.24, 2.45) is 5.41 Å². The number of halogens is 3. The highest BCUT2D eigenvalue weighted by Crippen LogP contribution is 2.43. The first-order valence-electron chi connectivity index (χ1n) is 21.2. The lowest BCUT2D eigenvalue weighted by atomic mass is 9.71. The number of ether oxygens (including phenoxy) is 2. The van der Waals surface area contributed by atoms with Crippen LogP contribution in [0.1, 0.15) is 76.7 Å². The molecule has 0 saturated carbocycles. The summed E-state index contributed by atoms with van der Waals surface area (Å²) in [5, 5.41) is 11.6. The summed E-state index contributed by atoms with van der Waals surface area (Å²) >= 11 is -2.47. The Balaban J connectivity index is 0.924. The molecule has 4 saturated heterocycles. The number of pyridine rings is 1. The van der Waals surface area contributed by atoms with Gasteiger partial charge in [-0.1, -0.05) is 16.4 Å². The Labute approximate surface area is 367 Å². The number of aromatic amines is 1. The number of fused-ring (bicyclic) bond motifs is 1. The number of nitrogens with one attached hydrogen (secondary N) is 1. The number of hydrogen-bond acceptors (Lipinski definition) is 11. The van der Waals surface area contributed by atoms with Gasteiger partial charge >= 0.3 is 12.2 Å². The zero-order valence-electron chi connectivity index (χ0n) is 36.4. The van der Waals surface area contributed by atoms with Crippen LogP contribution >= 0.6 is 0 Å². The van der Waals surface area contributed by atoms with E-state index in [0.717, 1.165) is 53.9 Å². The fourth-order valence-corrected chi connectivity index (χ4v) is 10.2. The van der Waals surface area contributed by atoms with Crippen LogP contribution in [-0.2, 0) is 21.0 Å². The quantitative estimate of drug-likeness (QED) is 0.132. The Bertz CT molecular complexity index is 2380. The van der Waals surface area contributed by atoms with Gasteiger partial charge in [0.2, 0.25) is 5.78 Å². The summed E-state index contributed by atoms with van der Waals surface area (Å²) in [4.78, 5) is 53.6. The van der Waals surface area contributed by atoms with E-state index in [0.29, 0.717) is 53.4 Å². The lowest BCUT2D eigenvalue weighted by Crippen LogP contribution is -2.73. The van der Waals surface area contributed by atoms with Gasteiger partial charge in [-0.05, 0) is 96.7 Å². The number of carbonyl (C=O) groups excluding carboxylic acids is 3. The number of anilines is 2. The molecule has 338 valence electrons. The number of likely N-dealkylation sites (tertiary alicyclic amines) is 2. The highest BCUT2D eigenvalue weighted by Gasteiger charge is 2.53. The lowest BCUT2D eigenvalue weighted by molar-refractivity contribution is -0.0982. The summed E-state index contributed by atoms with van der Waals surface area (Å²) < 4.78 is 72.4. The SMILES string of the molecule is CC(C)(C)OC(=O)N1CCC(O)(CN2CC3(C2)CN(c2ccc(-c4cnc5[nH]cc(C(=O)c6c(F)ccc(N(C(=O)OC(C)(C)C)[S+]([O-])N7CCC(F)C7)c6F)c5c4)cc2)C3)CC1. The van der Waals surface area contributed by atoms with Gasteiger partial charge in [0.1, 0.15) is 34.5 Å². The van der Waals surface area contributed by atoms with Crippen molar-refractivity contribution in [3.63, 3.8) is 0 Å². The number of alkyl halides is 1. The number of benzene rings is 2. The van der Waals surface area contributed by atoms with Gasteiger partial charge in [0.25, 0.3) is 0 Å². The molecule has 2 N–H and O–H groups in total. The zero-order chi connectivity index (χ0) is 45.2. The number of nitrogens with zero attached hydrogens (tertiary/aromatic N) is 6. The second kappa shape index (κ2) is 16.6. The van der Waals surface area contributed by atoms with Crippen LogP contribution in [-0.4, -0.2) is 134 Å². The largest absolute Gasteiger partial charge is 0.573 e. The monoisotopic (exact) mass is 893 g/mol.